The quantitative estimate of drug-likeness (QED) is 0.384. The van der Waals surface area contributed by atoms with Crippen molar-refractivity contribution in [2.24, 2.45) is 0 Å². The Bertz CT molecular complexity index is 603. The van der Waals surface area contributed by atoms with Gasteiger partial charge in [-0.05, 0) is 5.57 Å². The van der Waals surface area contributed by atoms with E-state index in [4.69, 9.17) is 0 Å². The Morgan fingerprint density at radius 2 is 2.18 bits per heavy atom. The first-order valence-corrected chi connectivity index (χ1v) is 8.48. The number of nitrogens with one attached hydrogen (secondary N) is 1. The first-order valence-electron chi connectivity index (χ1n) is 6.31. The summed E-state index contributed by atoms with van der Waals surface area (Å²) in [5, 5.41) is 11.3. The maximum atomic E-state index is 12.1. The zero-order valence-corrected chi connectivity index (χ0v) is 13.8. The van der Waals surface area contributed by atoms with Crippen LogP contribution in [0.25, 0.3) is 0 Å². The van der Waals surface area contributed by atoms with Gasteiger partial charge in [-0.3, -0.25) is 19.3 Å². The second-order valence-corrected chi connectivity index (χ2v) is 6.35. The van der Waals surface area contributed by atoms with Gasteiger partial charge in [0.15, 0.2) is 5.78 Å². The number of hydrogen-bond donors (Lipinski definition) is 2. The Hall–Kier alpha value is -1.61. The Morgan fingerprint density at radius 3 is 2.73 bits per heavy atom. The van der Waals surface area contributed by atoms with Crippen LogP contribution in [-0.2, 0) is 19.2 Å². The van der Waals surface area contributed by atoms with Crippen molar-refractivity contribution in [3.8, 4) is 0 Å². The molecule has 2 aliphatic heterocycles. The van der Waals surface area contributed by atoms with Crippen LogP contribution in [0.1, 0.15) is 6.42 Å². The Morgan fingerprint density at radius 1 is 1.50 bits per heavy atom. The second-order valence-electron chi connectivity index (χ2n) is 4.69. The van der Waals surface area contributed by atoms with Crippen LogP contribution in [0.3, 0.4) is 0 Å². The Kier molecular flexibility index (Phi) is 5.07. The summed E-state index contributed by atoms with van der Waals surface area (Å²) in [6.07, 6.45) is 1.10. The Balaban J connectivity index is 2.10. The van der Waals surface area contributed by atoms with E-state index in [-0.39, 0.29) is 23.2 Å². The summed E-state index contributed by atoms with van der Waals surface area (Å²) >= 11 is 4.31. The molecule has 0 bridgehead atoms. The molecular weight excluding hydrogens is 376 g/mol. The molecule has 7 nitrogen and oxygen atoms in total. The smallest absolute Gasteiger partial charge is 0.352 e. The standard InChI is InChI=1S/C13H13BrN2O5S/c1-2-6-5-22-12-9(15-8(18)3-7(17)4-14)11(19)16(12)10(6)13(20)21/h2,9,12H,1,3-5H2,(H,15,18)(H,20,21)/t9-,12-/m1/s1. The van der Waals surface area contributed by atoms with Crippen molar-refractivity contribution >= 4 is 51.3 Å². The van der Waals surface area contributed by atoms with Crippen molar-refractivity contribution in [1.29, 1.82) is 0 Å². The third-order valence-electron chi connectivity index (χ3n) is 3.27. The molecule has 2 rings (SSSR count). The molecule has 0 aromatic rings. The number of aliphatic carboxylic acids is 1. The number of rotatable bonds is 6. The molecule has 0 aromatic heterocycles. The lowest BCUT2D eigenvalue weighted by atomic mass is 10.0. The zero-order chi connectivity index (χ0) is 16.4. The molecule has 2 heterocycles. The Labute approximate surface area is 138 Å². The molecule has 0 aliphatic carbocycles. The van der Waals surface area contributed by atoms with E-state index in [1.807, 2.05) is 0 Å². The largest absolute Gasteiger partial charge is 0.477 e. The molecule has 1 saturated heterocycles. The van der Waals surface area contributed by atoms with Crippen LogP contribution < -0.4 is 5.32 Å². The predicted molar refractivity (Wildman–Crippen MR) is 83.3 cm³/mol. The minimum Gasteiger partial charge on any atom is -0.477 e. The van der Waals surface area contributed by atoms with E-state index < -0.39 is 29.2 Å². The van der Waals surface area contributed by atoms with Crippen LogP contribution in [0.15, 0.2) is 23.9 Å². The van der Waals surface area contributed by atoms with E-state index in [0.29, 0.717) is 11.3 Å². The van der Waals surface area contributed by atoms with Crippen molar-refractivity contribution in [3.63, 3.8) is 0 Å². The van der Waals surface area contributed by atoms with E-state index >= 15 is 0 Å². The number of ketones is 1. The first-order chi connectivity index (χ1) is 10.4. The number of fused-ring (bicyclic) bond motifs is 1. The minimum atomic E-state index is -1.20. The maximum Gasteiger partial charge on any atom is 0.352 e. The van der Waals surface area contributed by atoms with Gasteiger partial charge in [-0.15, -0.1) is 11.8 Å². The van der Waals surface area contributed by atoms with Crippen LogP contribution >= 0.6 is 27.7 Å². The lowest BCUT2D eigenvalue weighted by Gasteiger charge is -2.49. The highest BCUT2D eigenvalue weighted by Gasteiger charge is 2.53. The molecule has 22 heavy (non-hydrogen) atoms. The van der Waals surface area contributed by atoms with Gasteiger partial charge in [0.05, 0.1) is 11.8 Å². The second kappa shape index (κ2) is 6.66. The highest BCUT2D eigenvalue weighted by molar-refractivity contribution is 9.09. The maximum absolute atomic E-state index is 12.1. The number of hydrogen-bond acceptors (Lipinski definition) is 5. The molecule has 9 heteroatoms. The summed E-state index contributed by atoms with van der Waals surface area (Å²) in [5.41, 5.74) is 0.382. The third-order valence-corrected chi connectivity index (χ3v) is 5.20. The number of nitrogens with zero attached hydrogens (tertiary/aromatic N) is 1. The molecule has 2 N–H and O–H groups in total. The molecular formula is C13H13BrN2O5S. The molecule has 0 saturated carbocycles. The number of alkyl halides is 1. The highest BCUT2D eigenvalue weighted by Crippen LogP contribution is 2.40. The summed E-state index contributed by atoms with van der Waals surface area (Å²) in [7, 11) is 0. The van der Waals surface area contributed by atoms with Gasteiger partial charge < -0.3 is 10.4 Å². The number of thioether (sulfide) groups is 1. The zero-order valence-electron chi connectivity index (χ0n) is 11.4. The molecule has 0 spiro atoms. The number of allylic oxidation sites excluding steroid dienone is 1. The normalized spacial score (nSPS) is 23.5. The first kappa shape index (κ1) is 16.8. The number of halogens is 1. The lowest BCUT2D eigenvalue weighted by molar-refractivity contribution is -0.150. The fraction of sp³-hybridized carbons (Fsp3) is 0.385. The number of carboxylic acid groups (broad SMARTS) is 1. The molecule has 0 unspecified atom stereocenters. The third kappa shape index (κ3) is 2.95. The van der Waals surface area contributed by atoms with E-state index in [9.17, 15) is 24.3 Å². The fourth-order valence-corrected chi connectivity index (χ4v) is 3.79. The number of amides is 2. The van der Waals surface area contributed by atoms with Gasteiger partial charge in [0.1, 0.15) is 17.1 Å². The van der Waals surface area contributed by atoms with Crippen LogP contribution in [0.4, 0.5) is 0 Å². The lowest BCUT2D eigenvalue weighted by Crippen LogP contribution is -2.70. The summed E-state index contributed by atoms with van der Waals surface area (Å²) in [5.74, 6) is -2.14. The molecule has 118 valence electrons. The van der Waals surface area contributed by atoms with Crippen LogP contribution in [0.2, 0.25) is 0 Å². The SMILES string of the molecule is C=CC1=C(C(=O)O)N2C(=O)[C@@H](NC(=O)CC(=O)CBr)[C@H]2SC1. The number of carbonyl (C=O) groups is 4. The molecule has 2 aliphatic rings. The molecule has 0 aromatic carbocycles. The topological polar surface area (TPSA) is 104 Å². The predicted octanol–water partition coefficient (Wildman–Crippen LogP) is 0.265. The monoisotopic (exact) mass is 388 g/mol. The van der Waals surface area contributed by atoms with Gasteiger partial charge in [0, 0.05) is 5.75 Å². The van der Waals surface area contributed by atoms with E-state index in [1.165, 1.54) is 17.8 Å². The molecule has 0 radical (unpaired) electrons. The summed E-state index contributed by atoms with van der Waals surface area (Å²) in [4.78, 5) is 47.5. The van der Waals surface area contributed by atoms with Crippen LogP contribution in [-0.4, -0.2) is 56.1 Å². The number of Topliss-reactive ketones (excluding diaryl/α,β-unsaturated/α-hetero) is 1. The minimum absolute atomic E-state index is 0.0674. The number of carboxylic acids is 1. The van der Waals surface area contributed by atoms with Gasteiger partial charge in [0.2, 0.25) is 5.91 Å². The van der Waals surface area contributed by atoms with Crippen LogP contribution in [0, 0.1) is 0 Å². The van der Waals surface area contributed by atoms with Crippen molar-refractivity contribution < 1.29 is 24.3 Å². The average molecular weight is 389 g/mol. The van der Waals surface area contributed by atoms with E-state index in [1.54, 1.807) is 0 Å². The van der Waals surface area contributed by atoms with E-state index in [2.05, 4.69) is 27.8 Å². The van der Waals surface area contributed by atoms with Gasteiger partial charge in [-0.2, -0.15) is 0 Å². The molecule has 2 amide bonds. The van der Waals surface area contributed by atoms with E-state index in [0.717, 1.165) is 4.90 Å². The van der Waals surface area contributed by atoms with Crippen molar-refractivity contribution in [2.75, 3.05) is 11.1 Å². The summed E-state index contributed by atoms with van der Waals surface area (Å²) < 4.78 is 0. The molecule has 1 fully saturated rings. The fourth-order valence-electron chi connectivity index (χ4n) is 2.25. The summed E-state index contributed by atoms with van der Waals surface area (Å²) in [6.45, 7) is 3.55. The number of β-lactam (4-membered cyclic amide) rings is 1. The van der Waals surface area contributed by atoms with Gasteiger partial charge in [0.25, 0.3) is 5.91 Å². The van der Waals surface area contributed by atoms with Crippen LogP contribution in [0.5, 0.6) is 0 Å². The van der Waals surface area contributed by atoms with Gasteiger partial charge in [-0.1, -0.05) is 28.6 Å². The highest BCUT2D eigenvalue weighted by atomic mass is 79.9. The molecule has 2 atom stereocenters. The average Bonchev–Trinajstić information content (AvgIpc) is 2.50. The van der Waals surface area contributed by atoms with Gasteiger partial charge in [-0.25, -0.2) is 4.79 Å². The van der Waals surface area contributed by atoms with Gasteiger partial charge >= 0.3 is 5.97 Å². The summed E-state index contributed by atoms with van der Waals surface area (Å²) in [6, 6.07) is -0.804. The number of carbonyl (C=O) groups excluding carboxylic acids is 3. The van der Waals surface area contributed by atoms with Crippen molar-refractivity contribution in [1.82, 2.24) is 10.2 Å². The van der Waals surface area contributed by atoms with Crippen molar-refractivity contribution in [2.45, 2.75) is 17.8 Å². The van der Waals surface area contributed by atoms with Crippen molar-refractivity contribution in [3.05, 3.63) is 23.9 Å².